The van der Waals surface area contributed by atoms with E-state index in [9.17, 15) is 28.1 Å². The van der Waals surface area contributed by atoms with Gasteiger partial charge in [-0.3, -0.25) is 14.9 Å². The average molecular weight is 439 g/mol. The minimum Gasteiger partial charge on any atom is -0.483 e. The maximum Gasteiger partial charge on any atom is 0.416 e. The van der Waals surface area contributed by atoms with Crippen molar-refractivity contribution >= 4 is 23.0 Å². The summed E-state index contributed by atoms with van der Waals surface area (Å²) in [5.74, 6) is -0.554. The molecule has 0 unspecified atom stereocenters. The molecule has 0 bridgehead atoms. The summed E-state index contributed by atoms with van der Waals surface area (Å²) >= 11 is 0. The number of ether oxygens (including phenoxy) is 2. The lowest BCUT2D eigenvalue weighted by Crippen LogP contribution is -2.37. The summed E-state index contributed by atoms with van der Waals surface area (Å²) in [6, 6.07) is 7.35. The maximum atomic E-state index is 13.2. The molecule has 0 atom stereocenters. The van der Waals surface area contributed by atoms with Crippen LogP contribution in [0.25, 0.3) is 0 Å². The minimum absolute atomic E-state index is 0.00101. The molecule has 2 aromatic carbocycles. The summed E-state index contributed by atoms with van der Waals surface area (Å²) in [7, 11) is 0. The van der Waals surface area contributed by atoms with Crippen molar-refractivity contribution in [3.63, 3.8) is 0 Å². The van der Waals surface area contributed by atoms with Crippen LogP contribution in [0.1, 0.15) is 11.1 Å². The third-order valence-corrected chi connectivity index (χ3v) is 4.76. The fourth-order valence-electron chi connectivity index (χ4n) is 3.18. The Labute approximate surface area is 175 Å². The van der Waals surface area contributed by atoms with E-state index in [1.165, 1.54) is 31.2 Å². The van der Waals surface area contributed by atoms with Gasteiger partial charge >= 0.3 is 6.18 Å². The largest absolute Gasteiger partial charge is 0.483 e. The fourth-order valence-corrected chi connectivity index (χ4v) is 3.18. The van der Waals surface area contributed by atoms with Gasteiger partial charge in [0.1, 0.15) is 5.75 Å². The van der Waals surface area contributed by atoms with E-state index in [1.807, 2.05) is 4.90 Å². The maximum absolute atomic E-state index is 13.2. The van der Waals surface area contributed by atoms with Crippen LogP contribution in [-0.4, -0.2) is 43.7 Å². The number of carbonyl (C=O) groups is 1. The molecule has 0 aliphatic carbocycles. The van der Waals surface area contributed by atoms with Crippen molar-refractivity contribution < 1.29 is 32.4 Å². The zero-order chi connectivity index (χ0) is 22.6. The second-order valence-corrected chi connectivity index (χ2v) is 6.82. The van der Waals surface area contributed by atoms with E-state index < -0.39 is 29.2 Å². The van der Waals surface area contributed by atoms with E-state index in [1.54, 1.807) is 0 Å². The Morgan fingerprint density at radius 3 is 2.61 bits per heavy atom. The molecule has 1 fully saturated rings. The lowest BCUT2D eigenvalue weighted by molar-refractivity contribution is -0.385. The molecule has 31 heavy (non-hydrogen) atoms. The predicted octanol–water partition coefficient (Wildman–Crippen LogP) is 3.78. The number of hydrogen-bond donors (Lipinski definition) is 1. The topological polar surface area (TPSA) is 93.9 Å². The summed E-state index contributed by atoms with van der Waals surface area (Å²) in [6.45, 7) is 2.73. The van der Waals surface area contributed by atoms with Crippen LogP contribution >= 0.6 is 0 Å². The summed E-state index contributed by atoms with van der Waals surface area (Å²) in [5.41, 5.74) is -0.369. The molecule has 1 amide bonds. The summed E-state index contributed by atoms with van der Waals surface area (Å²) in [6.07, 6.45) is -4.57. The van der Waals surface area contributed by atoms with E-state index >= 15 is 0 Å². The molecule has 2 aromatic rings. The highest BCUT2D eigenvalue weighted by Crippen LogP contribution is 2.36. The molecular formula is C20H20F3N3O5. The van der Waals surface area contributed by atoms with Crippen molar-refractivity contribution in [2.24, 2.45) is 0 Å². The number of hydrogen-bond acceptors (Lipinski definition) is 6. The van der Waals surface area contributed by atoms with Gasteiger partial charge in [-0.2, -0.15) is 13.2 Å². The van der Waals surface area contributed by atoms with Crippen molar-refractivity contribution in [1.29, 1.82) is 0 Å². The van der Waals surface area contributed by atoms with Crippen LogP contribution in [0.5, 0.6) is 5.75 Å². The highest BCUT2D eigenvalue weighted by Gasteiger charge is 2.32. The molecule has 0 spiro atoms. The number of rotatable bonds is 6. The number of anilines is 2. The number of nitrogens with zero attached hydrogens (tertiary/aromatic N) is 2. The van der Waals surface area contributed by atoms with E-state index in [0.29, 0.717) is 32.0 Å². The Morgan fingerprint density at radius 1 is 1.26 bits per heavy atom. The van der Waals surface area contributed by atoms with Crippen molar-refractivity contribution in [3.05, 3.63) is 57.6 Å². The van der Waals surface area contributed by atoms with E-state index in [-0.39, 0.29) is 22.7 Å². The Morgan fingerprint density at radius 2 is 1.97 bits per heavy atom. The predicted molar refractivity (Wildman–Crippen MR) is 106 cm³/mol. The second kappa shape index (κ2) is 9.21. The number of benzene rings is 2. The first-order valence-electron chi connectivity index (χ1n) is 9.37. The Hall–Kier alpha value is -3.34. The fraction of sp³-hybridized carbons (Fsp3) is 0.350. The number of nitro benzene ring substituents is 1. The van der Waals surface area contributed by atoms with Gasteiger partial charge in [0.15, 0.2) is 6.61 Å². The Bertz CT molecular complexity index is 975. The lowest BCUT2D eigenvalue weighted by atomic mass is 10.1. The highest BCUT2D eigenvalue weighted by atomic mass is 19.4. The summed E-state index contributed by atoms with van der Waals surface area (Å²) in [5, 5.41) is 13.5. The number of halogens is 3. The van der Waals surface area contributed by atoms with E-state index in [4.69, 9.17) is 9.47 Å². The molecule has 0 aromatic heterocycles. The molecule has 0 radical (unpaired) electrons. The lowest BCUT2D eigenvalue weighted by Gasteiger charge is -2.31. The molecule has 1 aliphatic rings. The first-order chi connectivity index (χ1) is 14.7. The third kappa shape index (κ3) is 5.43. The summed E-state index contributed by atoms with van der Waals surface area (Å²) in [4.78, 5) is 24.7. The molecule has 1 aliphatic heterocycles. The van der Waals surface area contributed by atoms with Crippen molar-refractivity contribution in [2.75, 3.05) is 43.1 Å². The van der Waals surface area contributed by atoms with Gasteiger partial charge in [0.05, 0.1) is 40.6 Å². The normalized spacial score (nSPS) is 14.3. The third-order valence-electron chi connectivity index (χ3n) is 4.76. The smallest absolute Gasteiger partial charge is 0.416 e. The molecule has 1 heterocycles. The molecule has 3 rings (SSSR count). The van der Waals surface area contributed by atoms with Gasteiger partial charge < -0.3 is 19.7 Å². The Kier molecular flexibility index (Phi) is 6.64. The number of alkyl halides is 3. The van der Waals surface area contributed by atoms with Gasteiger partial charge in [0, 0.05) is 19.2 Å². The van der Waals surface area contributed by atoms with Crippen LogP contribution in [-0.2, 0) is 15.7 Å². The first-order valence-corrected chi connectivity index (χ1v) is 9.37. The quantitative estimate of drug-likeness (QED) is 0.544. The van der Waals surface area contributed by atoms with Crippen molar-refractivity contribution in [1.82, 2.24) is 0 Å². The van der Waals surface area contributed by atoms with Crippen molar-refractivity contribution in [3.8, 4) is 5.75 Å². The number of morpholine rings is 1. The van der Waals surface area contributed by atoms with Gasteiger partial charge in [-0.25, -0.2) is 0 Å². The monoisotopic (exact) mass is 439 g/mol. The van der Waals surface area contributed by atoms with Gasteiger partial charge in [0.25, 0.3) is 11.6 Å². The van der Waals surface area contributed by atoms with Crippen LogP contribution in [0, 0.1) is 17.0 Å². The van der Waals surface area contributed by atoms with Gasteiger partial charge in [-0.05, 0) is 31.2 Å². The SMILES string of the molecule is Cc1c(OCC(=O)Nc2cc(C(F)(F)F)ccc2N2CCOCC2)cccc1[N+](=O)[O-]. The molecule has 8 nitrogen and oxygen atoms in total. The molecule has 11 heteroatoms. The van der Waals surface area contributed by atoms with Crippen molar-refractivity contribution in [2.45, 2.75) is 13.1 Å². The number of nitro groups is 1. The highest BCUT2D eigenvalue weighted by molar-refractivity contribution is 5.95. The number of amides is 1. The molecule has 1 N–H and O–H groups in total. The molecule has 1 saturated heterocycles. The van der Waals surface area contributed by atoms with E-state index in [2.05, 4.69) is 5.32 Å². The van der Waals surface area contributed by atoms with Crippen LogP contribution in [0.2, 0.25) is 0 Å². The first kappa shape index (κ1) is 22.3. The molecule has 166 valence electrons. The zero-order valence-corrected chi connectivity index (χ0v) is 16.6. The number of nitrogens with one attached hydrogen (secondary N) is 1. The van der Waals surface area contributed by atoms with Crippen LogP contribution < -0.4 is 15.0 Å². The van der Waals surface area contributed by atoms with Crippen LogP contribution in [0.4, 0.5) is 30.2 Å². The standard InChI is InChI=1S/C20H20F3N3O5/c1-13-16(26(28)29)3-2-4-18(13)31-12-19(27)24-15-11-14(20(21,22)23)5-6-17(15)25-7-9-30-10-8-25/h2-6,11H,7-10,12H2,1H3,(H,24,27). The average Bonchev–Trinajstić information content (AvgIpc) is 2.72. The van der Waals surface area contributed by atoms with E-state index in [0.717, 1.165) is 12.1 Å². The van der Waals surface area contributed by atoms with Gasteiger partial charge in [0.2, 0.25) is 0 Å². The number of carbonyl (C=O) groups excluding carboxylic acids is 1. The minimum atomic E-state index is -4.57. The van der Waals surface area contributed by atoms with Crippen LogP contribution in [0.15, 0.2) is 36.4 Å². The summed E-state index contributed by atoms with van der Waals surface area (Å²) < 4.78 is 50.2. The Balaban J connectivity index is 1.78. The zero-order valence-electron chi connectivity index (χ0n) is 16.6. The van der Waals surface area contributed by atoms with Gasteiger partial charge in [-0.15, -0.1) is 0 Å². The van der Waals surface area contributed by atoms with Crippen LogP contribution in [0.3, 0.4) is 0 Å². The molecule has 0 saturated carbocycles. The second-order valence-electron chi connectivity index (χ2n) is 6.82. The molecular weight excluding hydrogens is 419 g/mol. The van der Waals surface area contributed by atoms with Gasteiger partial charge in [-0.1, -0.05) is 6.07 Å².